The van der Waals surface area contributed by atoms with Gasteiger partial charge in [0.1, 0.15) is 0 Å². The van der Waals surface area contributed by atoms with E-state index in [1.807, 2.05) is 16.8 Å². The summed E-state index contributed by atoms with van der Waals surface area (Å²) in [4.78, 5) is 2.41. The molecule has 1 atom stereocenters. The standard InChI is InChI=1S/C16H24N4/c1-11-7-8-19(9-11)15-12-10-20(16(2,3)4)18-14(12)6-5-13(15)17/h5-6,10-11H,7-9,17H2,1-4H3/t11-/m0/s1. The molecule has 1 saturated heterocycles. The van der Waals surface area contributed by atoms with Crippen LogP contribution in [0.5, 0.6) is 0 Å². The van der Waals surface area contributed by atoms with Crippen LogP contribution in [-0.2, 0) is 5.54 Å². The van der Waals surface area contributed by atoms with E-state index in [-0.39, 0.29) is 5.54 Å². The lowest BCUT2D eigenvalue weighted by molar-refractivity contribution is 0.358. The highest BCUT2D eigenvalue weighted by molar-refractivity contribution is 5.98. The number of benzene rings is 1. The SMILES string of the molecule is C[C@H]1CCN(c2c(N)ccc3nn(C(C)(C)C)cc23)C1. The van der Waals surface area contributed by atoms with E-state index >= 15 is 0 Å². The molecule has 0 amide bonds. The Labute approximate surface area is 120 Å². The van der Waals surface area contributed by atoms with Gasteiger partial charge in [0.25, 0.3) is 0 Å². The van der Waals surface area contributed by atoms with E-state index in [1.54, 1.807) is 0 Å². The van der Waals surface area contributed by atoms with Crippen molar-refractivity contribution in [1.82, 2.24) is 9.78 Å². The van der Waals surface area contributed by atoms with Crippen LogP contribution in [0.3, 0.4) is 0 Å². The number of nitrogen functional groups attached to an aromatic ring is 1. The van der Waals surface area contributed by atoms with Crippen LogP contribution in [0.25, 0.3) is 10.9 Å². The van der Waals surface area contributed by atoms with Gasteiger partial charge in [-0.15, -0.1) is 0 Å². The first kappa shape index (κ1) is 13.3. The minimum atomic E-state index is -0.0106. The van der Waals surface area contributed by atoms with E-state index in [0.29, 0.717) is 0 Å². The molecule has 0 saturated carbocycles. The predicted octanol–water partition coefficient (Wildman–Crippen LogP) is 3.22. The Morgan fingerprint density at radius 3 is 2.65 bits per heavy atom. The number of anilines is 2. The number of hydrogen-bond acceptors (Lipinski definition) is 3. The van der Waals surface area contributed by atoms with E-state index in [0.717, 1.165) is 30.2 Å². The Morgan fingerprint density at radius 1 is 1.30 bits per heavy atom. The predicted molar refractivity (Wildman–Crippen MR) is 85.1 cm³/mol. The van der Waals surface area contributed by atoms with E-state index in [1.165, 1.54) is 17.5 Å². The average molecular weight is 272 g/mol. The van der Waals surface area contributed by atoms with Gasteiger partial charge in [0.05, 0.1) is 22.4 Å². The van der Waals surface area contributed by atoms with Crippen molar-refractivity contribution >= 4 is 22.3 Å². The van der Waals surface area contributed by atoms with Crippen LogP contribution < -0.4 is 10.6 Å². The molecular formula is C16H24N4. The van der Waals surface area contributed by atoms with Crippen LogP contribution in [-0.4, -0.2) is 22.9 Å². The van der Waals surface area contributed by atoms with Crippen LogP contribution in [0.1, 0.15) is 34.1 Å². The minimum Gasteiger partial charge on any atom is -0.397 e. The van der Waals surface area contributed by atoms with Crippen LogP contribution in [0.15, 0.2) is 18.3 Å². The molecule has 0 aliphatic carbocycles. The van der Waals surface area contributed by atoms with Crippen LogP contribution >= 0.6 is 0 Å². The first-order chi connectivity index (χ1) is 9.36. The van der Waals surface area contributed by atoms with Gasteiger partial charge < -0.3 is 10.6 Å². The first-order valence-corrected chi connectivity index (χ1v) is 7.39. The van der Waals surface area contributed by atoms with Crippen molar-refractivity contribution in [2.45, 2.75) is 39.7 Å². The summed E-state index contributed by atoms with van der Waals surface area (Å²) in [5.74, 6) is 0.738. The highest BCUT2D eigenvalue weighted by atomic mass is 15.3. The van der Waals surface area contributed by atoms with Gasteiger partial charge in [-0.2, -0.15) is 5.10 Å². The Hall–Kier alpha value is -1.71. The maximum atomic E-state index is 6.25. The van der Waals surface area contributed by atoms with Gasteiger partial charge in [-0.05, 0) is 45.2 Å². The van der Waals surface area contributed by atoms with Crippen molar-refractivity contribution < 1.29 is 0 Å². The summed E-state index contributed by atoms with van der Waals surface area (Å²) in [5.41, 5.74) is 9.30. The number of rotatable bonds is 1. The number of fused-ring (bicyclic) bond motifs is 1. The number of nitrogens with two attached hydrogens (primary N) is 1. The summed E-state index contributed by atoms with van der Waals surface area (Å²) >= 11 is 0. The van der Waals surface area contributed by atoms with Gasteiger partial charge >= 0.3 is 0 Å². The van der Waals surface area contributed by atoms with Gasteiger partial charge in [-0.25, -0.2) is 0 Å². The fourth-order valence-electron chi connectivity index (χ4n) is 2.93. The van der Waals surface area contributed by atoms with Gasteiger partial charge in [0.15, 0.2) is 0 Å². The average Bonchev–Trinajstić information content (AvgIpc) is 2.94. The molecule has 0 spiro atoms. The zero-order chi connectivity index (χ0) is 14.5. The fraction of sp³-hybridized carbons (Fsp3) is 0.562. The highest BCUT2D eigenvalue weighted by Gasteiger charge is 2.24. The summed E-state index contributed by atoms with van der Waals surface area (Å²) in [6, 6.07) is 4.01. The zero-order valence-corrected chi connectivity index (χ0v) is 12.8. The van der Waals surface area contributed by atoms with Crippen LogP contribution in [0.4, 0.5) is 11.4 Å². The van der Waals surface area contributed by atoms with Crippen molar-refractivity contribution in [3.63, 3.8) is 0 Å². The summed E-state index contributed by atoms with van der Waals surface area (Å²) in [6.07, 6.45) is 3.38. The molecule has 2 N–H and O–H groups in total. The Morgan fingerprint density at radius 2 is 2.05 bits per heavy atom. The van der Waals surface area contributed by atoms with Gasteiger partial charge in [0.2, 0.25) is 0 Å². The van der Waals surface area contributed by atoms with Crippen molar-refractivity contribution in [3.8, 4) is 0 Å². The van der Waals surface area contributed by atoms with Crippen molar-refractivity contribution in [3.05, 3.63) is 18.3 Å². The summed E-state index contributed by atoms with van der Waals surface area (Å²) in [7, 11) is 0. The molecule has 20 heavy (non-hydrogen) atoms. The number of nitrogens with zero attached hydrogens (tertiary/aromatic N) is 3. The second kappa shape index (κ2) is 4.40. The van der Waals surface area contributed by atoms with E-state index < -0.39 is 0 Å². The van der Waals surface area contributed by atoms with E-state index in [4.69, 9.17) is 10.8 Å². The summed E-state index contributed by atoms with van der Waals surface area (Å²) in [6.45, 7) is 11.0. The summed E-state index contributed by atoms with van der Waals surface area (Å²) < 4.78 is 2.04. The molecule has 4 heteroatoms. The second-order valence-electron chi connectivity index (χ2n) is 7.02. The van der Waals surface area contributed by atoms with E-state index in [2.05, 4.69) is 38.8 Å². The lowest BCUT2D eigenvalue weighted by Crippen LogP contribution is -2.22. The molecule has 0 unspecified atom stereocenters. The molecule has 1 aromatic heterocycles. The molecule has 1 aliphatic heterocycles. The topological polar surface area (TPSA) is 47.1 Å². The third-order valence-electron chi connectivity index (χ3n) is 4.12. The fourth-order valence-corrected chi connectivity index (χ4v) is 2.93. The highest BCUT2D eigenvalue weighted by Crippen LogP contribution is 2.36. The largest absolute Gasteiger partial charge is 0.397 e. The molecule has 1 aromatic carbocycles. The normalized spacial score (nSPS) is 20.0. The molecule has 2 heterocycles. The third-order valence-corrected chi connectivity index (χ3v) is 4.12. The maximum Gasteiger partial charge on any atom is 0.0946 e. The zero-order valence-electron chi connectivity index (χ0n) is 12.8. The molecule has 108 valence electrons. The van der Waals surface area contributed by atoms with Crippen LogP contribution in [0, 0.1) is 5.92 Å². The van der Waals surface area contributed by atoms with Crippen LogP contribution in [0.2, 0.25) is 0 Å². The Bertz CT molecular complexity index is 636. The first-order valence-electron chi connectivity index (χ1n) is 7.39. The molecule has 3 rings (SSSR count). The second-order valence-corrected chi connectivity index (χ2v) is 7.02. The Kier molecular flexibility index (Phi) is 2.92. The molecule has 1 aliphatic rings. The molecule has 4 nitrogen and oxygen atoms in total. The quantitative estimate of drug-likeness (QED) is 0.811. The minimum absolute atomic E-state index is 0.0106. The van der Waals surface area contributed by atoms with Gasteiger partial charge in [-0.1, -0.05) is 6.92 Å². The maximum absolute atomic E-state index is 6.25. The van der Waals surface area contributed by atoms with E-state index in [9.17, 15) is 0 Å². The van der Waals surface area contributed by atoms with Gasteiger partial charge in [-0.3, -0.25) is 4.68 Å². The number of aromatic nitrogens is 2. The van der Waals surface area contributed by atoms with Crippen molar-refractivity contribution in [2.24, 2.45) is 5.92 Å². The summed E-state index contributed by atoms with van der Waals surface area (Å²) in [5, 5.41) is 5.89. The molecule has 0 radical (unpaired) electrons. The Balaban J connectivity index is 2.15. The number of hydrogen-bond donors (Lipinski definition) is 1. The molecule has 0 bridgehead atoms. The smallest absolute Gasteiger partial charge is 0.0946 e. The molecule has 2 aromatic rings. The van der Waals surface area contributed by atoms with Crippen molar-refractivity contribution in [2.75, 3.05) is 23.7 Å². The van der Waals surface area contributed by atoms with Crippen molar-refractivity contribution in [1.29, 1.82) is 0 Å². The monoisotopic (exact) mass is 272 g/mol. The van der Waals surface area contributed by atoms with Gasteiger partial charge in [0, 0.05) is 24.7 Å². The molecule has 1 fully saturated rings. The lowest BCUT2D eigenvalue weighted by atomic mass is 10.1. The molecular weight excluding hydrogens is 248 g/mol. The third kappa shape index (κ3) is 2.13. The lowest BCUT2D eigenvalue weighted by Gasteiger charge is -2.21.